The molecule has 2 bridgehead atoms. The van der Waals surface area contributed by atoms with E-state index in [4.69, 9.17) is 0 Å². The van der Waals surface area contributed by atoms with E-state index in [2.05, 4.69) is 34.5 Å². The van der Waals surface area contributed by atoms with Crippen LogP contribution in [0.4, 0.5) is 0 Å². The van der Waals surface area contributed by atoms with Gasteiger partial charge in [0.1, 0.15) is 0 Å². The predicted molar refractivity (Wildman–Crippen MR) is 77.8 cm³/mol. The smallest absolute Gasteiger partial charge is 0.0240 e. The molecule has 102 valence electrons. The van der Waals surface area contributed by atoms with Crippen molar-refractivity contribution in [3.63, 3.8) is 0 Å². The molecule has 2 unspecified atom stereocenters. The molecule has 0 spiro atoms. The minimum Gasteiger partial charge on any atom is -0.311 e. The summed E-state index contributed by atoms with van der Waals surface area (Å²) in [6.07, 6.45) is 7.11. The van der Waals surface area contributed by atoms with E-state index >= 15 is 0 Å². The number of benzene rings is 1. The van der Waals surface area contributed by atoms with Gasteiger partial charge < -0.3 is 5.32 Å². The van der Waals surface area contributed by atoms with Gasteiger partial charge in [-0.2, -0.15) is 0 Å². The Bertz CT molecular complexity index is 419. The number of nitrogens with one attached hydrogen (secondary N) is 1. The lowest BCUT2D eigenvalue weighted by Crippen LogP contribution is -2.38. The molecule has 1 N–H and O–H groups in total. The molecule has 0 radical (unpaired) electrons. The molecule has 3 heterocycles. The number of fused-ring (bicyclic) bond motifs is 3. The molecule has 2 heteroatoms. The third kappa shape index (κ3) is 2.44. The normalized spacial score (nSPS) is 33.6. The lowest BCUT2D eigenvalue weighted by Gasteiger charge is -2.30. The van der Waals surface area contributed by atoms with E-state index in [9.17, 15) is 0 Å². The van der Waals surface area contributed by atoms with Crippen molar-refractivity contribution in [1.29, 1.82) is 0 Å². The van der Waals surface area contributed by atoms with Gasteiger partial charge in [-0.25, -0.2) is 0 Å². The second-order valence-corrected chi connectivity index (χ2v) is 6.74. The Morgan fingerprint density at radius 2 is 1.63 bits per heavy atom. The maximum absolute atomic E-state index is 3.75. The highest BCUT2D eigenvalue weighted by molar-refractivity contribution is 5.30. The van der Waals surface area contributed by atoms with Crippen LogP contribution in [0.3, 0.4) is 0 Å². The largest absolute Gasteiger partial charge is 0.311 e. The molecule has 0 aromatic heterocycles. The van der Waals surface area contributed by atoms with Crippen molar-refractivity contribution in [3.8, 4) is 0 Å². The van der Waals surface area contributed by atoms with E-state index in [1.807, 2.05) is 0 Å². The minimum absolute atomic E-state index is 0.847. The van der Waals surface area contributed by atoms with Gasteiger partial charge in [-0.15, -0.1) is 0 Å². The Morgan fingerprint density at radius 1 is 1.00 bits per heavy atom. The first kappa shape index (κ1) is 11.9. The number of hydrogen-bond donors (Lipinski definition) is 1. The molecule has 2 atom stereocenters. The van der Waals surface area contributed by atoms with Gasteiger partial charge in [0.25, 0.3) is 0 Å². The summed E-state index contributed by atoms with van der Waals surface area (Å²) < 4.78 is 0. The van der Waals surface area contributed by atoms with Crippen LogP contribution in [0.25, 0.3) is 0 Å². The van der Waals surface area contributed by atoms with E-state index in [1.165, 1.54) is 51.7 Å². The Hall–Kier alpha value is -0.860. The number of piperidine rings is 1. The summed E-state index contributed by atoms with van der Waals surface area (Å²) in [6.45, 7) is 3.64. The molecule has 2 fully saturated rings. The average Bonchev–Trinajstić information content (AvgIpc) is 2.99. The SMILES string of the molecule is c1ccc2c(c1)CN(CCC1CC3CCC(C1)N3)C2. The fourth-order valence-electron chi connectivity index (χ4n) is 4.34. The van der Waals surface area contributed by atoms with Crippen molar-refractivity contribution in [3.05, 3.63) is 35.4 Å². The first-order chi connectivity index (χ1) is 9.37. The molecule has 2 saturated heterocycles. The van der Waals surface area contributed by atoms with Crippen LogP contribution in [0.15, 0.2) is 24.3 Å². The maximum atomic E-state index is 3.75. The molecular formula is C17H24N2. The quantitative estimate of drug-likeness (QED) is 0.894. The van der Waals surface area contributed by atoms with Crippen LogP contribution in [-0.2, 0) is 13.1 Å². The zero-order valence-electron chi connectivity index (χ0n) is 11.6. The molecular weight excluding hydrogens is 232 g/mol. The Labute approximate surface area is 116 Å². The summed E-state index contributed by atoms with van der Waals surface area (Å²) in [5, 5.41) is 3.75. The lowest BCUT2D eigenvalue weighted by molar-refractivity contribution is 0.220. The molecule has 2 nitrogen and oxygen atoms in total. The molecule has 4 rings (SSSR count). The van der Waals surface area contributed by atoms with Crippen LogP contribution in [0.2, 0.25) is 0 Å². The summed E-state index contributed by atoms with van der Waals surface area (Å²) in [4.78, 5) is 2.63. The molecule has 0 saturated carbocycles. The van der Waals surface area contributed by atoms with E-state index in [1.54, 1.807) is 11.1 Å². The van der Waals surface area contributed by atoms with Gasteiger partial charge in [0.05, 0.1) is 0 Å². The number of nitrogens with zero attached hydrogens (tertiary/aromatic N) is 1. The van der Waals surface area contributed by atoms with Gasteiger partial charge >= 0.3 is 0 Å². The molecule has 3 aliphatic rings. The predicted octanol–water partition coefficient (Wildman–Crippen LogP) is 2.92. The third-order valence-electron chi connectivity index (χ3n) is 5.33. The van der Waals surface area contributed by atoms with Gasteiger partial charge in [0.2, 0.25) is 0 Å². The summed E-state index contributed by atoms with van der Waals surface area (Å²) >= 11 is 0. The van der Waals surface area contributed by atoms with E-state index in [-0.39, 0.29) is 0 Å². The zero-order valence-corrected chi connectivity index (χ0v) is 11.6. The fraction of sp³-hybridized carbons (Fsp3) is 0.647. The van der Waals surface area contributed by atoms with Crippen molar-refractivity contribution in [1.82, 2.24) is 10.2 Å². The molecule has 19 heavy (non-hydrogen) atoms. The lowest BCUT2D eigenvalue weighted by atomic mass is 9.89. The van der Waals surface area contributed by atoms with Crippen molar-refractivity contribution in [2.45, 2.75) is 57.3 Å². The van der Waals surface area contributed by atoms with Crippen molar-refractivity contribution in [2.75, 3.05) is 6.54 Å². The van der Waals surface area contributed by atoms with Crippen molar-refractivity contribution >= 4 is 0 Å². The second-order valence-electron chi connectivity index (χ2n) is 6.74. The molecule has 0 amide bonds. The second kappa shape index (κ2) is 4.92. The average molecular weight is 256 g/mol. The molecule has 1 aromatic rings. The fourth-order valence-corrected chi connectivity index (χ4v) is 4.34. The van der Waals surface area contributed by atoms with Gasteiger partial charge in [0.15, 0.2) is 0 Å². The van der Waals surface area contributed by atoms with Crippen LogP contribution in [0, 0.1) is 5.92 Å². The van der Waals surface area contributed by atoms with Crippen LogP contribution < -0.4 is 5.32 Å². The molecule has 0 aliphatic carbocycles. The van der Waals surface area contributed by atoms with Crippen LogP contribution >= 0.6 is 0 Å². The topological polar surface area (TPSA) is 15.3 Å². The highest BCUT2D eigenvalue weighted by Crippen LogP contribution is 2.33. The van der Waals surface area contributed by atoms with E-state index in [0.29, 0.717) is 0 Å². The van der Waals surface area contributed by atoms with Gasteiger partial charge in [-0.3, -0.25) is 4.90 Å². The summed E-state index contributed by atoms with van der Waals surface area (Å²) in [7, 11) is 0. The highest BCUT2D eigenvalue weighted by atomic mass is 15.1. The van der Waals surface area contributed by atoms with Gasteiger partial charge in [0, 0.05) is 25.2 Å². The highest BCUT2D eigenvalue weighted by Gasteiger charge is 2.33. The van der Waals surface area contributed by atoms with Crippen LogP contribution in [0.1, 0.15) is 43.2 Å². The summed E-state index contributed by atoms with van der Waals surface area (Å²) in [5.74, 6) is 0.975. The molecule has 1 aromatic carbocycles. The monoisotopic (exact) mass is 256 g/mol. The van der Waals surface area contributed by atoms with Crippen LogP contribution in [0.5, 0.6) is 0 Å². The van der Waals surface area contributed by atoms with E-state index in [0.717, 1.165) is 18.0 Å². The zero-order chi connectivity index (χ0) is 12.7. The molecule has 3 aliphatic heterocycles. The maximum Gasteiger partial charge on any atom is 0.0240 e. The Kier molecular flexibility index (Phi) is 3.08. The van der Waals surface area contributed by atoms with E-state index < -0.39 is 0 Å². The summed E-state index contributed by atoms with van der Waals surface area (Å²) in [5.41, 5.74) is 3.10. The minimum atomic E-state index is 0.847. The first-order valence-corrected chi connectivity index (χ1v) is 7.92. The van der Waals surface area contributed by atoms with Crippen molar-refractivity contribution in [2.24, 2.45) is 5.92 Å². The summed E-state index contributed by atoms with van der Waals surface area (Å²) in [6, 6.07) is 10.6. The van der Waals surface area contributed by atoms with Crippen LogP contribution in [-0.4, -0.2) is 23.5 Å². The third-order valence-corrected chi connectivity index (χ3v) is 5.33. The van der Waals surface area contributed by atoms with Gasteiger partial charge in [-0.05, 0) is 55.7 Å². The standard InChI is InChI=1S/C17H24N2/c1-2-4-15-12-19(11-14(15)3-1)8-7-13-9-16-5-6-17(10-13)18-16/h1-4,13,16-18H,5-12H2. The first-order valence-electron chi connectivity index (χ1n) is 7.92. The number of rotatable bonds is 3. The van der Waals surface area contributed by atoms with Gasteiger partial charge in [-0.1, -0.05) is 24.3 Å². The number of hydrogen-bond acceptors (Lipinski definition) is 2. The van der Waals surface area contributed by atoms with Crippen molar-refractivity contribution < 1.29 is 0 Å². The Morgan fingerprint density at radius 3 is 2.26 bits per heavy atom. The Balaban J connectivity index is 1.30.